The lowest BCUT2D eigenvalue weighted by atomic mass is 10.1. The predicted octanol–water partition coefficient (Wildman–Crippen LogP) is 2.12. The minimum Gasteiger partial charge on any atom is -0.480 e. The van der Waals surface area contributed by atoms with E-state index in [0.29, 0.717) is 18.9 Å². The summed E-state index contributed by atoms with van der Waals surface area (Å²) in [4.78, 5) is 25.2. The quantitative estimate of drug-likeness (QED) is 0.872. The van der Waals surface area contributed by atoms with Crippen molar-refractivity contribution in [1.82, 2.24) is 10.2 Å². The Labute approximate surface area is 125 Å². The van der Waals surface area contributed by atoms with E-state index in [9.17, 15) is 14.7 Å². The molecule has 114 valence electrons. The van der Waals surface area contributed by atoms with Gasteiger partial charge in [-0.25, -0.2) is 9.59 Å². The Kier molecular flexibility index (Phi) is 5.20. The fourth-order valence-electron chi connectivity index (χ4n) is 2.64. The summed E-state index contributed by atoms with van der Waals surface area (Å²) in [5.74, 6) is -0.466. The van der Waals surface area contributed by atoms with Crippen molar-refractivity contribution in [2.24, 2.45) is 5.92 Å². The molecule has 0 spiro atoms. The number of rotatable bonds is 5. The monoisotopic (exact) mass is 290 g/mol. The Morgan fingerprint density at radius 1 is 1.38 bits per heavy atom. The third kappa shape index (κ3) is 4.21. The summed E-state index contributed by atoms with van der Waals surface area (Å²) < 4.78 is 0. The van der Waals surface area contributed by atoms with E-state index in [1.807, 2.05) is 30.3 Å². The maximum absolute atomic E-state index is 12.2. The number of hydrogen-bond donors (Lipinski definition) is 2. The molecular formula is C16H22N2O3. The molecule has 1 aliphatic heterocycles. The molecule has 1 saturated heterocycles. The minimum atomic E-state index is -1.00. The summed E-state index contributed by atoms with van der Waals surface area (Å²) in [5, 5.41) is 11.9. The lowest BCUT2D eigenvalue weighted by Crippen LogP contribution is -2.48. The van der Waals surface area contributed by atoms with Gasteiger partial charge in [0.2, 0.25) is 0 Å². The second-order valence-electron chi connectivity index (χ2n) is 5.54. The first-order valence-corrected chi connectivity index (χ1v) is 7.42. The van der Waals surface area contributed by atoms with Gasteiger partial charge in [-0.1, -0.05) is 43.7 Å². The highest BCUT2D eigenvalue weighted by Crippen LogP contribution is 2.19. The molecule has 5 heteroatoms. The molecule has 0 radical (unpaired) electrons. The van der Waals surface area contributed by atoms with E-state index in [4.69, 9.17) is 0 Å². The van der Waals surface area contributed by atoms with Gasteiger partial charge in [-0.05, 0) is 17.9 Å². The number of nitrogens with one attached hydrogen (secondary N) is 1. The topological polar surface area (TPSA) is 69.6 Å². The summed E-state index contributed by atoms with van der Waals surface area (Å²) in [5.41, 5.74) is 0.901. The second-order valence-corrected chi connectivity index (χ2v) is 5.54. The molecule has 2 amide bonds. The largest absolute Gasteiger partial charge is 0.480 e. The minimum absolute atomic E-state index is 0.269. The van der Waals surface area contributed by atoms with Gasteiger partial charge in [0, 0.05) is 19.5 Å². The maximum Gasteiger partial charge on any atom is 0.326 e. The first-order chi connectivity index (χ1) is 10.1. The van der Waals surface area contributed by atoms with Crippen molar-refractivity contribution in [1.29, 1.82) is 0 Å². The van der Waals surface area contributed by atoms with Crippen LogP contribution in [0.3, 0.4) is 0 Å². The molecule has 5 nitrogen and oxygen atoms in total. The first-order valence-electron chi connectivity index (χ1n) is 7.42. The zero-order valence-electron chi connectivity index (χ0n) is 12.3. The molecule has 0 saturated carbocycles. The van der Waals surface area contributed by atoms with E-state index in [1.165, 1.54) is 0 Å². The molecule has 1 heterocycles. The van der Waals surface area contributed by atoms with Crippen molar-refractivity contribution in [3.8, 4) is 0 Å². The van der Waals surface area contributed by atoms with Gasteiger partial charge in [-0.15, -0.1) is 0 Å². The summed E-state index contributed by atoms with van der Waals surface area (Å²) in [7, 11) is 0. The maximum atomic E-state index is 12.2. The van der Waals surface area contributed by atoms with Crippen LogP contribution < -0.4 is 5.32 Å². The highest BCUT2D eigenvalue weighted by molar-refractivity contribution is 5.83. The van der Waals surface area contributed by atoms with Crippen molar-refractivity contribution in [3.05, 3.63) is 35.9 Å². The summed E-state index contributed by atoms with van der Waals surface area (Å²) >= 11 is 0. The molecule has 0 aliphatic carbocycles. The third-order valence-electron chi connectivity index (χ3n) is 4.03. The molecular weight excluding hydrogens is 268 g/mol. The standard InChI is InChI=1S/C16H22N2O3/c1-2-12-8-9-18(11-12)16(21)17-14(15(19)20)10-13-6-4-3-5-7-13/h3-7,12,14H,2,8-11H2,1H3,(H,17,21)(H,19,20). The predicted molar refractivity (Wildman–Crippen MR) is 80.1 cm³/mol. The SMILES string of the molecule is CCC1CCN(C(=O)NC(Cc2ccccc2)C(=O)O)C1. The summed E-state index contributed by atoms with van der Waals surface area (Å²) in [6.45, 7) is 3.55. The van der Waals surface area contributed by atoms with Crippen molar-refractivity contribution in [3.63, 3.8) is 0 Å². The molecule has 1 aliphatic rings. The highest BCUT2D eigenvalue weighted by atomic mass is 16.4. The molecule has 2 atom stereocenters. The lowest BCUT2D eigenvalue weighted by molar-refractivity contribution is -0.139. The Bertz CT molecular complexity index is 490. The Balaban J connectivity index is 1.94. The Hall–Kier alpha value is -2.04. The van der Waals surface area contributed by atoms with Crippen molar-refractivity contribution >= 4 is 12.0 Å². The van der Waals surface area contributed by atoms with E-state index >= 15 is 0 Å². The van der Waals surface area contributed by atoms with E-state index in [-0.39, 0.29) is 6.03 Å². The summed E-state index contributed by atoms with van der Waals surface area (Å²) in [6.07, 6.45) is 2.35. The van der Waals surface area contributed by atoms with Crippen LogP contribution in [-0.2, 0) is 11.2 Å². The van der Waals surface area contributed by atoms with E-state index < -0.39 is 12.0 Å². The molecule has 2 N–H and O–H groups in total. The van der Waals surface area contributed by atoms with Gasteiger partial charge in [0.25, 0.3) is 0 Å². The number of likely N-dealkylation sites (tertiary alicyclic amines) is 1. The number of nitrogens with zero attached hydrogens (tertiary/aromatic N) is 1. The number of carboxylic acids is 1. The van der Waals surface area contributed by atoms with Gasteiger partial charge in [-0.3, -0.25) is 0 Å². The molecule has 1 aromatic rings. The van der Waals surface area contributed by atoms with Gasteiger partial charge >= 0.3 is 12.0 Å². The normalized spacial score (nSPS) is 19.3. The van der Waals surface area contributed by atoms with Crippen molar-refractivity contribution < 1.29 is 14.7 Å². The number of aliphatic carboxylic acids is 1. The van der Waals surface area contributed by atoms with Crippen LogP contribution in [0.15, 0.2) is 30.3 Å². The average Bonchev–Trinajstić information content (AvgIpc) is 2.96. The lowest BCUT2D eigenvalue weighted by Gasteiger charge is -2.21. The van der Waals surface area contributed by atoms with E-state index in [2.05, 4.69) is 12.2 Å². The zero-order valence-corrected chi connectivity index (χ0v) is 12.3. The van der Waals surface area contributed by atoms with Gasteiger partial charge in [0.05, 0.1) is 0 Å². The number of carbonyl (C=O) groups excluding carboxylic acids is 1. The summed E-state index contributed by atoms with van der Waals surface area (Å²) in [6, 6.07) is 8.18. The molecule has 0 bridgehead atoms. The van der Waals surface area contributed by atoms with Gasteiger partial charge in [-0.2, -0.15) is 0 Å². The van der Waals surface area contributed by atoms with Crippen LogP contribution in [0.5, 0.6) is 0 Å². The van der Waals surface area contributed by atoms with Crippen molar-refractivity contribution in [2.75, 3.05) is 13.1 Å². The van der Waals surface area contributed by atoms with Gasteiger partial charge in [0.15, 0.2) is 0 Å². The van der Waals surface area contributed by atoms with Crippen LogP contribution in [0.25, 0.3) is 0 Å². The fourth-order valence-corrected chi connectivity index (χ4v) is 2.64. The molecule has 2 unspecified atom stereocenters. The molecule has 0 aromatic heterocycles. The van der Waals surface area contributed by atoms with E-state index in [0.717, 1.165) is 24.9 Å². The number of carboxylic acid groups (broad SMARTS) is 1. The van der Waals surface area contributed by atoms with Gasteiger partial charge in [0.1, 0.15) is 6.04 Å². The Morgan fingerprint density at radius 3 is 2.67 bits per heavy atom. The van der Waals surface area contributed by atoms with Crippen LogP contribution in [0.2, 0.25) is 0 Å². The first kappa shape index (κ1) is 15.4. The van der Waals surface area contributed by atoms with Crippen LogP contribution >= 0.6 is 0 Å². The highest BCUT2D eigenvalue weighted by Gasteiger charge is 2.28. The molecule has 21 heavy (non-hydrogen) atoms. The van der Waals surface area contributed by atoms with Crippen molar-refractivity contribution in [2.45, 2.75) is 32.2 Å². The Morgan fingerprint density at radius 2 is 2.10 bits per heavy atom. The van der Waals surface area contributed by atoms with E-state index in [1.54, 1.807) is 4.90 Å². The fraction of sp³-hybridized carbons (Fsp3) is 0.500. The number of benzene rings is 1. The molecule has 2 rings (SSSR count). The molecule has 1 fully saturated rings. The number of carbonyl (C=O) groups is 2. The number of urea groups is 1. The second kappa shape index (κ2) is 7.11. The smallest absolute Gasteiger partial charge is 0.326 e. The van der Waals surface area contributed by atoms with Crippen LogP contribution in [0.4, 0.5) is 4.79 Å². The molecule has 1 aromatic carbocycles. The number of hydrogen-bond acceptors (Lipinski definition) is 2. The third-order valence-corrected chi connectivity index (χ3v) is 4.03. The van der Waals surface area contributed by atoms with Crippen LogP contribution in [-0.4, -0.2) is 41.1 Å². The number of amides is 2. The van der Waals surface area contributed by atoms with Gasteiger partial charge < -0.3 is 15.3 Å². The zero-order chi connectivity index (χ0) is 15.2. The van der Waals surface area contributed by atoms with Crippen LogP contribution in [0.1, 0.15) is 25.3 Å². The average molecular weight is 290 g/mol. The van der Waals surface area contributed by atoms with Crippen LogP contribution in [0, 0.1) is 5.92 Å².